The summed E-state index contributed by atoms with van der Waals surface area (Å²) in [6.07, 6.45) is 0. The lowest BCUT2D eigenvalue weighted by Crippen LogP contribution is -2.20. The SMILES string of the molecule is COc1ccccc1NC(=O)c1cc(C(N)=O)c(SCC(=O)c2ccccc2)nc1N. The number of nitrogens with zero attached hydrogens (tertiary/aromatic N) is 1. The van der Waals surface area contributed by atoms with Crippen LogP contribution in [0.15, 0.2) is 65.7 Å². The Labute approximate surface area is 183 Å². The predicted octanol–water partition coefficient (Wildman–Crippen LogP) is 3.00. The standard InChI is InChI=1S/C22H20N4O4S/c1-30-18-10-6-5-9-16(18)25-21(29)14-11-15(20(24)28)22(26-19(14)23)31-12-17(27)13-7-3-2-4-8-13/h2-11H,12H2,1H3,(H2,23,26)(H2,24,28)(H,25,29). The maximum absolute atomic E-state index is 12.7. The summed E-state index contributed by atoms with van der Waals surface area (Å²) in [5.41, 5.74) is 12.4. The van der Waals surface area contributed by atoms with Gasteiger partial charge in [0, 0.05) is 5.56 Å². The van der Waals surface area contributed by atoms with E-state index in [4.69, 9.17) is 16.2 Å². The van der Waals surface area contributed by atoms with Gasteiger partial charge in [-0.15, -0.1) is 0 Å². The summed E-state index contributed by atoms with van der Waals surface area (Å²) in [4.78, 5) is 41.2. The monoisotopic (exact) mass is 436 g/mol. The summed E-state index contributed by atoms with van der Waals surface area (Å²) >= 11 is 1.03. The third-order valence-corrected chi connectivity index (χ3v) is 5.31. The van der Waals surface area contributed by atoms with Gasteiger partial charge >= 0.3 is 0 Å². The Kier molecular flexibility index (Phi) is 6.88. The zero-order valence-corrected chi connectivity index (χ0v) is 17.4. The average Bonchev–Trinajstić information content (AvgIpc) is 2.78. The summed E-state index contributed by atoms with van der Waals surface area (Å²) in [5.74, 6) is -1.10. The number of nitrogens with one attached hydrogen (secondary N) is 1. The van der Waals surface area contributed by atoms with Crippen LogP contribution < -0.4 is 21.5 Å². The summed E-state index contributed by atoms with van der Waals surface area (Å²) in [6.45, 7) is 0. The van der Waals surface area contributed by atoms with Crippen molar-refractivity contribution >= 4 is 40.9 Å². The molecule has 0 atom stereocenters. The van der Waals surface area contributed by atoms with Crippen LogP contribution in [-0.2, 0) is 0 Å². The van der Waals surface area contributed by atoms with E-state index in [1.807, 2.05) is 6.07 Å². The molecule has 1 aromatic heterocycles. The highest BCUT2D eigenvalue weighted by atomic mass is 32.2. The van der Waals surface area contributed by atoms with Crippen molar-refractivity contribution in [3.05, 3.63) is 77.4 Å². The smallest absolute Gasteiger partial charge is 0.259 e. The van der Waals surface area contributed by atoms with Gasteiger partial charge in [0.15, 0.2) is 5.78 Å². The Balaban J connectivity index is 1.84. The third kappa shape index (κ3) is 5.20. The number of methoxy groups -OCH3 is 1. The van der Waals surface area contributed by atoms with E-state index < -0.39 is 11.8 Å². The Morgan fingerprint density at radius 2 is 1.71 bits per heavy atom. The molecule has 1 heterocycles. The van der Waals surface area contributed by atoms with E-state index in [1.54, 1.807) is 48.5 Å². The van der Waals surface area contributed by atoms with Crippen LogP contribution in [-0.4, -0.2) is 35.4 Å². The molecule has 0 spiro atoms. The van der Waals surface area contributed by atoms with E-state index in [9.17, 15) is 14.4 Å². The average molecular weight is 436 g/mol. The van der Waals surface area contributed by atoms with Crippen LogP contribution in [0.2, 0.25) is 0 Å². The van der Waals surface area contributed by atoms with Crippen LogP contribution in [0, 0.1) is 0 Å². The van der Waals surface area contributed by atoms with Crippen molar-refractivity contribution in [2.75, 3.05) is 23.9 Å². The number of thioether (sulfide) groups is 1. The number of hydrogen-bond acceptors (Lipinski definition) is 7. The molecular formula is C22H20N4O4S. The summed E-state index contributed by atoms with van der Waals surface area (Å²) < 4.78 is 5.21. The van der Waals surface area contributed by atoms with Gasteiger partial charge in [0.05, 0.1) is 29.7 Å². The van der Waals surface area contributed by atoms with Gasteiger partial charge in [-0.3, -0.25) is 14.4 Å². The van der Waals surface area contributed by atoms with E-state index >= 15 is 0 Å². The predicted molar refractivity (Wildman–Crippen MR) is 120 cm³/mol. The van der Waals surface area contributed by atoms with Crippen molar-refractivity contribution in [2.45, 2.75) is 5.03 Å². The number of rotatable bonds is 8. The fourth-order valence-electron chi connectivity index (χ4n) is 2.76. The normalized spacial score (nSPS) is 10.4. The number of anilines is 2. The molecule has 0 bridgehead atoms. The summed E-state index contributed by atoms with van der Waals surface area (Å²) in [6, 6.07) is 16.9. The third-order valence-electron chi connectivity index (χ3n) is 4.32. The molecule has 2 amide bonds. The number of ketones is 1. The molecule has 0 saturated carbocycles. The van der Waals surface area contributed by atoms with E-state index in [0.717, 1.165) is 11.8 Å². The van der Waals surface area contributed by atoms with Gasteiger partial charge in [0.2, 0.25) is 0 Å². The number of pyridine rings is 1. The molecule has 3 aromatic rings. The molecule has 5 N–H and O–H groups in total. The molecule has 9 heteroatoms. The van der Waals surface area contributed by atoms with Gasteiger partial charge in [-0.25, -0.2) is 4.98 Å². The molecule has 158 valence electrons. The summed E-state index contributed by atoms with van der Waals surface area (Å²) in [7, 11) is 1.48. The molecule has 0 radical (unpaired) electrons. The van der Waals surface area contributed by atoms with E-state index in [-0.39, 0.29) is 33.5 Å². The molecular weight excluding hydrogens is 416 g/mol. The van der Waals surface area contributed by atoms with Crippen molar-refractivity contribution in [3.8, 4) is 5.75 Å². The number of carbonyl (C=O) groups is 3. The topological polar surface area (TPSA) is 137 Å². The molecule has 2 aromatic carbocycles. The van der Waals surface area contributed by atoms with E-state index in [1.165, 1.54) is 13.2 Å². The first kappa shape index (κ1) is 21.8. The molecule has 0 unspecified atom stereocenters. The van der Waals surface area contributed by atoms with E-state index in [0.29, 0.717) is 17.0 Å². The minimum absolute atomic E-state index is 0.00485. The second-order valence-corrected chi connectivity index (χ2v) is 7.33. The fraction of sp³-hybridized carbons (Fsp3) is 0.0909. The molecule has 0 aliphatic heterocycles. The number of amides is 2. The zero-order chi connectivity index (χ0) is 22.4. The lowest BCUT2D eigenvalue weighted by Gasteiger charge is -2.13. The number of Topliss-reactive ketones (excluding diaryl/α,β-unsaturated/α-hetero) is 1. The van der Waals surface area contributed by atoms with Crippen LogP contribution in [0.5, 0.6) is 5.75 Å². The number of primary amides is 1. The zero-order valence-electron chi connectivity index (χ0n) is 16.6. The van der Waals surface area contributed by atoms with Gasteiger partial charge in [-0.1, -0.05) is 54.2 Å². The largest absolute Gasteiger partial charge is 0.495 e. The molecule has 31 heavy (non-hydrogen) atoms. The molecule has 0 aliphatic rings. The van der Waals surface area contributed by atoms with Gasteiger partial charge in [0.25, 0.3) is 11.8 Å². The maximum Gasteiger partial charge on any atom is 0.259 e. The van der Waals surface area contributed by atoms with Crippen LogP contribution in [0.25, 0.3) is 0 Å². The Morgan fingerprint density at radius 1 is 1.03 bits per heavy atom. The van der Waals surface area contributed by atoms with Crippen molar-refractivity contribution in [3.63, 3.8) is 0 Å². The lowest BCUT2D eigenvalue weighted by molar-refractivity contribution is 0.0992. The van der Waals surface area contributed by atoms with Gasteiger partial charge < -0.3 is 21.5 Å². The number of aromatic nitrogens is 1. The van der Waals surface area contributed by atoms with Crippen LogP contribution in [0.3, 0.4) is 0 Å². The highest BCUT2D eigenvalue weighted by molar-refractivity contribution is 8.00. The molecule has 3 rings (SSSR count). The van der Waals surface area contributed by atoms with Crippen LogP contribution >= 0.6 is 11.8 Å². The Morgan fingerprint density at radius 3 is 2.39 bits per heavy atom. The second-order valence-electron chi connectivity index (χ2n) is 6.37. The van der Waals surface area contributed by atoms with E-state index in [2.05, 4.69) is 10.3 Å². The highest BCUT2D eigenvalue weighted by Gasteiger charge is 2.20. The van der Waals surface area contributed by atoms with Crippen molar-refractivity contribution < 1.29 is 19.1 Å². The number of ether oxygens (including phenoxy) is 1. The molecule has 0 fully saturated rings. The van der Waals surface area contributed by atoms with Crippen molar-refractivity contribution in [1.29, 1.82) is 0 Å². The number of nitrogens with two attached hydrogens (primary N) is 2. The summed E-state index contributed by atoms with van der Waals surface area (Å²) in [5, 5.41) is 2.86. The Bertz CT molecular complexity index is 1140. The lowest BCUT2D eigenvalue weighted by atomic mass is 10.1. The molecule has 0 aliphatic carbocycles. The fourth-order valence-corrected chi connectivity index (χ4v) is 3.67. The van der Waals surface area contributed by atoms with Crippen molar-refractivity contribution in [2.24, 2.45) is 5.73 Å². The quantitative estimate of drug-likeness (QED) is 0.364. The first-order valence-electron chi connectivity index (χ1n) is 9.16. The highest BCUT2D eigenvalue weighted by Crippen LogP contribution is 2.28. The number of carbonyl (C=O) groups excluding carboxylic acids is 3. The van der Waals surface area contributed by atoms with Crippen molar-refractivity contribution in [1.82, 2.24) is 4.98 Å². The molecule has 0 saturated heterocycles. The number of benzene rings is 2. The second kappa shape index (κ2) is 9.77. The number of para-hydroxylation sites is 2. The van der Waals surface area contributed by atoms with Crippen LogP contribution in [0.4, 0.5) is 11.5 Å². The van der Waals surface area contributed by atoms with Gasteiger partial charge in [0.1, 0.15) is 16.6 Å². The first-order valence-corrected chi connectivity index (χ1v) is 10.1. The molecule has 8 nitrogen and oxygen atoms in total. The minimum atomic E-state index is -0.784. The van der Waals surface area contributed by atoms with Crippen LogP contribution in [0.1, 0.15) is 31.1 Å². The van der Waals surface area contributed by atoms with Gasteiger partial charge in [-0.2, -0.15) is 0 Å². The maximum atomic E-state index is 12.7. The number of nitrogen functional groups attached to an aromatic ring is 1. The minimum Gasteiger partial charge on any atom is -0.495 e. The van der Waals surface area contributed by atoms with Gasteiger partial charge in [-0.05, 0) is 18.2 Å². The Hall–Kier alpha value is -3.85. The number of hydrogen-bond donors (Lipinski definition) is 3. The first-order chi connectivity index (χ1) is 14.9.